The van der Waals surface area contributed by atoms with Gasteiger partial charge >= 0.3 is 5.97 Å². The van der Waals surface area contributed by atoms with Gasteiger partial charge in [0.1, 0.15) is 0 Å². The lowest BCUT2D eigenvalue weighted by molar-refractivity contribution is 0.0601. The molecule has 1 aromatic carbocycles. The molecule has 2 N–H and O–H groups in total. The topological polar surface area (TPSA) is 84.5 Å². The summed E-state index contributed by atoms with van der Waals surface area (Å²) >= 11 is 0. The summed E-state index contributed by atoms with van der Waals surface area (Å²) in [6.45, 7) is 0. The number of benzene rings is 1. The number of rotatable bonds is 5. The fourth-order valence-electron chi connectivity index (χ4n) is 3.27. The first-order valence-electron chi connectivity index (χ1n) is 7.37. The Morgan fingerprint density at radius 2 is 1.91 bits per heavy atom. The summed E-state index contributed by atoms with van der Waals surface area (Å²) in [5.74, 6) is 1.10. The minimum absolute atomic E-state index is 0.0511. The van der Waals surface area contributed by atoms with E-state index in [1.54, 1.807) is 6.07 Å². The van der Waals surface area contributed by atoms with Gasteiger partial charge in [-0.2, -0.15) is 0 Å². The SMILES string of the molecule is CNS(=O)(=O)c1ccc(NC2CC3CC3C2)c(C(=O)OC)c1. The zero-order valence-corrected chi connectivity index (χ0v) is 13.4. The van der Waals surface area contributed by atoms with Crippen LogP contribution in [0.1, 0.15) is 29.6 Å². The van der Waals surface area contributed by atoms with Gasteiger partial charge in [0.05, 0.1) is 17.6 Å². The van der Waals surface area contributed by atoms with Gasteiger partial charge in [-0.15, -0.1) is 0 Å². The van der Waals surface area contributed by atoms with Crippen LogP contribution in [0.15, 0.2) is 23.1 Å². The molecule has 2 unspecified atom stereocenters. The van der Waals surface area contributed by atoms with E-state index < -0.39 is 16.0 Å². The van der Waals surface area contributed by atoms with Gasteiger partial charge in [0.2, 0.25) is 10.0 Å². The summed E-state index contributed by atoms with van der Waals surface area (Å²) in [5.41, 5.74) is 0.882. The summed E-state index contributed by atoms with van der Waals surface area (Å²) in [6.07, 6.45) is 3.55. The average molecular weight is 324 g/mol. The van der Waals surface area contributed by atoms with E-state index in [1.807, 2.05) is 0 Å². The normalized spacial score (nSPS) is 26.4. The predicted molar refractivity (Wildman–Crippen MR) is 82.3 cm³/mol. The maximum absolute atomic E-state index is 12.0. The highest BCUT2D eigenvalue weighted by Gasteiger charge is 2.45. The third-order valence-electron chi connectivity index (χ3n) is 4.58. The van der Waals surface area contributed by atoms with Gasteiger partial charge in [-0.1, -0.05) is 0 Å². The van der Waals surface area contributed by atoms with Gasteiger partial charge in [-0.25, -0.2) is 17.9 Å². The fourth-order valence-corrected chi connectivity index (χ4v) is 4.02. The van der Waals surface area contributed by atoms with Gasteiger partial charge in [0.15, 0.2) is 0 Å². The Kier molecular flexibility index (Phi) is 3.86. The van der Waals surface area contributed by atoms with Crippen LogP contribution in [-0.2, 0) is 14.8 Å². The van der Waals surface area contributed by atoms with Gasteiger partial charge in [0, 0.05) is 11.7 Å². The standard InChI is InChI=1S/C15H20N2O4S/c1-16-22(19,20)12-3-4-14(13(8-12)15(18)21-2)17-11-6-9-5-10(9)7-11/h3-4,8-11,16-17H,5-7H2,1-2H3. The second-order valence-corrected chi connectivity index (χ2v) is 7.86. The van der Waals surface area contributed by atoms with Crippen LogP contribution in [0.3, 0.4) is 0 Å². The maximum atomic E-state index is 12.0. The smallest absolute Gasteiger partial charge is 0.340 e. The lowest BCUT2D eigenvalue weighted by atomic mass is 10.1. The number of anilines is 1. The molecule has 2 saturated carbocycles. The molecule has 2 atom stereocenters. The van der Waals surface area contributed by atoms with E-state index in [9.17, 15) is 13.2 Å². The minimum Gasteiger partial charge on any atom is -0.465 e. The summed E-state index contributed by atoms with van der Waals surface area (Å²) in [6, 6.07) is 4.84. The molecule has 0 saturated heterocycles. The largest absolute Gasteiger partial charge is 0.465 e. The van der Waals surface area contributed by atoms with Crippen LogP contribution in [0, 0.1) is 11.8 Å². The third-order valence-corrected chi connectivity index (χ3v) is 5.99. The summed E-state index contributed by atoms with van der Waals surface area (Å²) < 4.78 is 30.8. The lowest BCUT2D eigenvalue weighted by Crippen LogP contribution is -2.21. The molecule has 120 valence electrons. The monoisotopic (exact) mass is 324 g/mol. The van der Waals surface area contributed by atoms with Crippen molar-refractivity contribution >= 4 is 21.7 Å². The molecule has 6 nitrogen and oxygen atoms in total. The number of fused-ring (bicyclic) bond motifs is 1. The van der Waals surface area contributed by atoms with Crippen LogP contribution in [-0.4, -0.2) is 34.6 Å². The number of carbonyl (C=O) groups is 1. The van der Waals surface area contributed by atoms with Gasteiger partial charge in [-0.05, 0) is 56.3 Å². The van der Waals surface area contributed by atoms with Crippen LogP contribution >= 0.6 is 0 Å². The fraction of sp³-hybridized carbons (Fsp3) is 0.533. The van der Waals surface area contributed by atoms with E-state index in [-0.39, 0.29) is 10.5 Å². The van der Waals surface area contributed by atoms with E-state index in [0.29, 0.717) is 11.7 Å². The molecular formula is C15H20N2O4S. The van der Waals surface area contributed by atoms with Crippen LogP contribution in [0.25, 0.3) is 0 Å². The molecule has 1 aromatic rings. The molecule has 0 amide bonds. The molecule has 0 aliphatic heterocycles. The first kappa shape index (κ1) is 15.3. The molecule has 0 spiro atoms. The highest BCUT2D eigenvalue weighted by Crippen LogP contribution is 2.52. The Morgan fingerprint density at radius 3 is 2.50 bits per heavy atom. The number of hydrogen-bond acceptors (Lipinski definition) is 5. The van der Waals surface area contributed by atoms with Crippen molar-refractivity contribution in [2.24, 2.45) is 11.8 Å². The summed E-state index contributed by atoms with van der Waals surface area (Å²) in [5, 5.41) is 3.37. The maximum Gasteiger partial charge on any atom is 0.340 e. The van der Waals surface area contributed by atoms with Crippen molar-refractivity contribution < 1.29 is 17.9 Å². The predicted octanol–water partition coefficient (Wildman–Crippen LogP) is 1.59. The number of methoxy groups -OCH3 is 1. The number of carbonyl (C=O) groups excluding carboxylic acids is 1. The van der Waals surface area contributed by atoms with Crippen LogP contribution in [0.5, 0.6) is 0 Å². The highest BCUT2D eigenvalue weighted by atomic mass is 32.2. The molecule has 2 aliphatic carbocycles. The Morgan fingerprint density at radius 1 is 1.23 bits per heavy atom. The van der Waals surface area contributed by atoms with Crippen molar-refractivity contribution in [2.75, 3.05) is 19.5 Å². The second-order valence-electron chi connectivity index (χ2n) is 5.98. The zero-order valence-electron chi connectivity index (χ0n) is 12.6. The molecule has 0 bridgehead atoms. The molecule has 2 fully saturated rings. The van der Waals surface area contributed by atoms with Crippen molar-refractivity contribution in [1.82, 2.24) is 4.72 Å². The minimum atomic E-state index is -3.59. The van der Waals surface area contributed by atoms with Crippen LogP contribution in [0.2, 0.25) is 0 Å². The third kappa shape index (κ3) is 2.83. The average Bonchev–Trinajstić information content (AvgIpc) is 3.13. The summed E-state index contributed by atoms with van der Waals surface area (Å²) in [4.78, 5) is 12.0. The van der Waals surface area contributed by atoms with Gasteiger partial charge in [0.25, 0.3) is 0 Å². The number of sulfonamides is 1. The zero-order chi connectivity index (χ0) is 15.9. The van der Waals surface area contributed by atoms with E-state index >= 15 is 0 Å². The number of ether oxygens (including phenoxy) is 1. The van der Waals surface area contributed by atoms with Crippen molar-refractivity contribution in [1.29, 1.82) is 0 Å². The van der Waals surface area contributed by atoms with Gasteiger partial charge < -0.3 is 10.1 Å². The second kappa shape index (κ2) is 5.55. The molecule has 0 heterocycles. The number of hydrogen-bond donors (Lipinski definition) is 2. The van der Waals surface area contributed by atoms with E-state index in [0.717, 1.165) is 24.7 Å². The van der Waals surface area contributed by atoms with Crippen molar-refractivity contribution in [3.05, 3.63) is 23.8 Å². The molecule has 3 rings (SSSR count). The van der Waals surface area contributed by atoms with Gasteiger partial charge in [-0.3, -0.25) is 0 Å². The molecule has 7 heteroatoms. The molecule has 2 aliphatic rings. The first-order valence-corrected chi connectivity index (χ1v) is 8.85. The first-order chi connectivity index (χ1) is 10.4. The quantitative estimate of drug-likeness (QED) is 0.804. The number of esters is 1. The van der Waals surface area contributed by atoms with Crippen molar-refractivity contribution in [3.63, 3.8) is 0 Å². The lowest BCUT2D eigenvalue weighted by Gasteiger charge is -2.18. The molecular weight excluding hydrogens is 304 g/mol. The Balaban J connectivity index is 1.89. The van der Waals surface area contributed by atoms with Crippen LogP contribution < -0.4 is 10.0 Å². The highest BCUT2D eigenvalue weighted by molar-refractivity contribution is 7.89. The molecule has 22 heavy (non-hydrogen) atoms. The number of nitrogens with one attached hydrogen (secondary N) is 2. The molecule has 0 aromatic heterocycles. The van der Waals surface area contributed by atoms with E-state index in [1.165, 1.54) is 32.7 Å². The Hall–Kier alpha value is -1.60. The van der Waals surface area contributed by atoms with E-state index in [4.69, 9.17) is 4.74 Å². The summed E-state index contributed by atoms with van der Waals surface area (Å²) in [7, 11) is -0.968. The van der Waals surface area contributed by atoms with Crippen molar-refractivity contribution in [2.45, 2.75) is 30.2 Å². The Bertz CT molecular complexity index is 691. The van der Waals surface area contributed by atoms with Crippen LogP contribution in [0.4, 0.5) is 5.69 Å². The molecule has 0 radical (unpaired) electrons. The van der Waals surface area contributed by atoms with E-state index in [2.05, 4.69) is 10.0 Å². The Labute approximate surface area is 130 Å². The van der Waals surface area contributed by atoms with Crippen molar-refractivity contribution in [3.8, 4) is 0 Å².